The summed E-state index contributed by atoms with van der Waals surface area (Å²) in [4.78, 5) is 1.28. The molecule has 0 radical (unpaired) electrons. The third kappa shape index (κ3) is 4.63. The first-order chi connectivity index (χ1) is 7.03. The van der Waals surface area contributed by atoms with Crippen molar-refractivity contribution in [3.63, 3.8) is 0 Å². The lowest BCUT2D eigenvalue weighted by Crippen LogP contribution is -2.07. The molecule has 0 amide bonds. The maximum Gasteiger partial charge on any atom is 0.133 e. The van der Waals surface area contributed by atoms with Gasteiger partial charge in [0.15, 0.2) is 0 Å². The van der Waals surface area contributed by atoms with Gasteiger partial charge in [0.2, 0.25) is 0 Å². The number of hydrogen-bond donors (Lipinski definition) is 0. The summed E-state index contributed by atoms with van der Waals surface area (Å²) < 4.78 is 0.216. The number of thioether (sulfide) groups is 2. The zero-order valence-corrected chi connectivity index (χ0v) is 10.9. The van der Waals surface area contributed by atoms with Crippen LogP contribution in [0.5, 0.6) is 0 Å². The Labute approximate surface area is 100 Å². The number of thiocyanates is 1. The molecule has 1 nitrogen and oxygen atoms in total. The lowest BCUT2D eigenvalue weighted by molar-refractivity contribution is 0.802. The maximum atomic E-state index is 8.56. The molecule has 0 unspecified atom stereocenters. The van der Waals surface area contributed by atoms with Crippen LogP contribution < -0.4 is 0 Å². The van der Waals surface area contributed by atoms with Gasteiger partial charge in [-0.1, -0.05) is 39.0 Å². The van der Waals surface area contributed by atoms with E-state index in [-0.39, 0.29) is 4.75 Å². The fraction of sp³-hybridized carbons (Fsp3) is 0.417. The standard InChI is InChI=1S/C12H15NS2/c1-12(2,3)15-11-7-5-4-6-10(11)8-14-9-13/h4-7H,8H2,1-3H3. The normalized spacial score (nSPS) is 11.1. The summed E-state index contributed by atoms with van der Waals surface area (Å²) in [6.07, 6.45) is 0. The second-order valence-electron chi connectivity index (χ2n) is 4.20. The van der Waals surface area contributed by atoms with Crippen LogP contribution in [-0.4, -0.2) is 4.75 Å². The molecule has 0 saturated heterocycles. The first-order valence-corrected chi connectivity index (χ1v) is 6.61. The molecule has 15 heavy (non-hydrogen) atoms. The molecule has 1 aromatic rings. The number of nitriles is 1. The van der Waals surface area contributed by atoms with Gasteiger partial charge in [-0.3, -0.25) is 0 Å². The van der Waals surface area contributed by atoms with E-state index < -0.39 is 0 Å². The number of nitrogens with zero attached hydrogens (tertiary/aromatic N) is 1. The Kier molecular flexibility index (Phi) is 4.56. The van der Waals surface area contributed by atoms with Crippen LogP contribution in [0.4, 0.5) is 0 Å². The Morgan fingerprint density at radius 2 is 1.93 bits per heavy atom. The summed E-state index contributed by atoms with van der Waals surface area (Å²) in [5.74, 6) is 0.774. The number of benzene rings is 1. The predicted octanol–water partition coefficient (Wildman–Crippen LogP) is 4.29. The zero-order chi connectivity index (χ0) is 11.3. The monoisotopic (exact) mass is 237 g/mol. The van der Waals surface area contributed by atoms with Gasteiger partial charge in [0, 0.05) is 15.4 Å². The summed E-state index contributed by atoms with van der Waals surface area (Å²) >= 11 is 3.15. The molecule has 80 valence electrons. The molecule has 0 bridgehead atoms. The highest BCUT2D eigenvalue weighted by Gasteiger charge is 2.14. The maximum absolute atomic E-state index is 8.56. The quantitative estimate of drug-likeness (QED) is 0.579. The topological polar surface area (TPSA) is 23.8 Å². The van der Waals surface area contributed by atoms with Crippen molar-refractivity contribution < 1.29 is 0 Å². The summed E-state index contributed by atoms with van der Waals surface area (Å²) in [5, 5.41) is 10.7. The molecule has 0 aliphatic carbocycles. The van der Waals surface area contributed by atoms with Gasteiger partial charge >= 0.3 is 0 Å². The van der Waals surface area contributed by atoms with Crippen LogP contribution in [-0.2, 0) is 5.75 Å². The highest BCUT2D eigenvalue weighted by atomic mass is 32.2. The van der Waals surface area contributed by atoms with Crippen molar-refractivity contribution in [1.29, 1.82) is 5.26 Å². The molecule has 0 spiro atoms. The molecule has 0 aliphatic heterocycles. The first-order valence-electron chi connectivity index (χ1n) is 4.81. The number of hydrogen-bond acceptors (Lipinski definition) is 3. The van der Waals surface area contributed by atoms with E-state index in [9.17, 15) is 0 Å². The minimum Gasteiger partial charge on any atom is -0.185 e. The number of rotatable bonds is 3. The van der Waals surface area contributed by atoms with E-state index in [2.05, 4.69) is 44.4 Å². The molecule has 0 aliphatic rings. The Balaban J connectivity index is 2.82. The van der Waals surface area contributed by atoms with E-state index in [1.807, 2.05) is 17.8 Å². The van der Waals surface area contributed by atoms with Gasteiger partial charge in [0.1, 0.15) is 5.40 Å². The molecule has 0 fully saturated rings. The smallest absolute Gasteiger partial charge is 0.133 e. The van der Waals surface area contributed by atoms with Crippen molar-refractivity contribution in [3.8, 4) is 5.40 Å². The van der Waals surface area contributed by atoms with Crippen molar-refractivity contribution in [2.75, 3.05) is 0 Å². The van der Waals surface area contributed by atoms with Crippen molar-refractivity contribution >= 4 is 23.5 Å². The van der Waals surface area contributed by atoms with Crippen molar-refractivity contribution in [1.82, 2.24) is 0 Å². The van der Waals surface area contributed by atoms with E-state index >= 15 is 0 Å². The van der Waals surface area contributed by atoms with Crippen LogP contribution >= 0.6 is 23.5 Å². The third-order valence-electron chi connectivity index (χ3n) is 1.68. The molecular weight excluding hydrogens is 222 g/mol. The zero-order valence-electron chi connectivity index (χ0n) is 9.28. The van der Waals surface area contributed by atoms with E-state index in [4.69, 9.17) is 5.26 Å². The van der Waals surface area contributed by atoms with Crippen LogP contribution in [0, 0.1) is 10.7 Å². The van der Waals surface area contributed by atoms with Crippen LogP contribution in [0.3, 0.4) is 0 Å². The second kappa shape index (κ2) is 5.48. The highest BCUT2D eigenvalue weighted by molar-refractivity contribution is 8.03. The largest absolute Gasteiger partial charge is 0.185 e. The van der Waals surface area contributed by atoms with Gasteiger partial charge in [-0.25, -0.2) is 0 Å². The summed E-state index contributed by atoms with van der Waals surface area (Å²) in [7, 11) is 0. The van der Waals surface area contributed by atoms with E-state index in [0.29, 0.717) is 0 Å². The SMILES string of the molecule is CC(C)(C)Sc1ccccc1CSC#N. The fourth-order valence-corrected chi connectivity index (χ4v) is 2.80. The molecule has 0 heterocycles. The van der Waals surface area contributed by atoms with Crippen LogP contribution in [0.1, 0.15) is 26.3 Å². The summed E-state index contributed by atoms with van der Waals surface area (Å²) in [6, 6.07) is 8.30. The average Bonchev–Trinajstić information content (AvgIpc) is 2.14. The fourth-order valence-electron chi connectivity index (χ4n) is 1.16. The minimum absolute atomic E-state index is 0.216. The Morgan fingerprint density at radius 1 is 1.27 bits per heavy atom. The Bertz CT molecular complexity index is 361. The lowest BCUT2D eigenvalue weighted by Gasteiger charge is -2.19. The van der Waals surface area contributed by atoms with Crippen LogP contribution in [0.15, 0.2) is 29.2 Å². The minimum atomic E-state index is 0.216. The van der Waals surface area contributed by atoms with Crippen molar-refractivity contribution in [2.24, 2.45) is 0 Å². The lowest BCUT2D eigenvalue weighted by atomic mass is 10.2. The summed E-state index contributed by atoms with van der Waals surface area (Å²) in [5.41, 5.74) is 1.25. The third-order valence-corrected chi connectivity index (χ3v) is 3.50. The van der Waals surface area contributed by atoms with Gasteiger partial charge < -0.3 is 0 Å². The predicted molar refractivity (Wildman–Crippen MR) is 69.0 cm³/mol. The molecule has 0 aromatic heterocycles. The Hall–Kier alpha value is -0.590. The van der Waals surface area contributed by atoms with Gasteiger partial charge in [0.05, 0.1) is 0 Å². The van der Waals surface area contributed by atoms with Gasteiger partial charge in [-0.15, -0.1) is 11.8 Å². The van der Waals surface area contributed by atoms with Crippen LogP contribution in [0.25, 0.3) is 0 Å². The average molecular weight is 237 g/mol. The van der Waals surface area contributed by atoms with Gasteiger partial charge in [-0.05, 0) is 23.4 Å². The van der Waals surface area contributed by atoms with Crippen LogP contribution in [0.2, 0.25) is 0 Å². The molecular formula is C12H15NS2. The Morgan fingerprint density at radius 3 is 2.53 bits per heavy atom. The molecule has 0 atom stereocenters. The highest BCUT2D eigenvalue weighted by Crippen LogP contribution is 2.35. The van der Waals surface area contributed by atoms with E-state index in [0.717, 1.165) is 5.75 Å². The molecule has 0 saturated carbocycles. The van der Waals surface area contributed by atoms with E-state index in [1.165, 1.54) is 22.2 Å². The molecule has 1 aromatic carbocycles. The first kappa shape index (κ1) is 12.5. The molecule has 3 heteroatoms. The van der Waals surface area contributed by atoms with Crippen molar-refractivity contribution in [3.05, 3.63) is 29.8 Å². The van der Waals surface area contributed by atoms with Gasteiger partial charge in [-0.2, -0.15) is 5.26 Å². The van der Waals surface area contributed by atoms with Gasteiger partial charge in [0.25, 0.3) is 0 Å². The molecule has 0 N–H and O–H groups in total. The summed E-state index contributed by atoms with van der Waals surface area (Å²) in [6.45, 7) is 6.60. The van der Waals surface area contributed by atoms with Crippen molar-refractivity contribution in [2.45, 2.75) is 36.2 Å². The molecule has 1 rings (SSSR count). The second-order valence-corrected chi connectivity index (χ2v) is 6.83. The van der Waals surface area contributed by atoms with E-state index in [1.54, 1.807) is 0 Å².